The van der Waals surface area contributed by atoms with Gasteiger partial charge in [-0.25, -0.2) is 0 Å². The number of aliphatic hydroxyl groups excluding tert-OH is 2. The molecule has 170 valence electrons. The van der Waals surface area contributed by atoms with E-state index in [1.165, 1.54) is 24.8 Å². The van der Waals surface area contributed by atoms with Gasteiger partial charge in [-0.15, -0.1) is 0 Å². The van der Waals surface area contributed by atoms with E-state index in [0.717, 1.165) is 25.7 Å². The van der Waals surface area contributed by atoms with Crippen LogP contribution in [0.4, 0.5) is 0 Å². The van der Waals surface area contributed by atoms with E-state index in [-0.39, 0.29) is 10.8 Å². The van der Waals surface area contributed by atoms with E-state index in [0.29, 0.717) is 36.0 Å². The molecule has 3 fully saturated rings. The molecule has 0 aliphatic heterocycles. The molecule has 0 aromatic rings. The molecule has 0 aromatic carbocycles. The van der Waals surface area contributed by atoms with E-state index in [2.05, 4.69) is 46.8 Å². The summed E-state index contributed by atoms with van der Waals surface area (Å²) in [7, 11) is 0. The van der Waals surface area contributed by atoms with E-state index in [1.54, 1.807) is 0 Å². The summed E-state index contributed by atoms with van der Waals surface area (Å²) in [6.07, 6.45) is 13.2. The van der Waals surface area contributed by atoms with Crippen molar-refractivity contribution in [1.29, 1.82) is 0 Å². The molecule has 0 radical (unpaired) electrons. The Morgan fingerprint density at radius 2 is 1.77 bits per heavy atom. The third-order valence-corrected chi connectivity index (χ3v) is 10.0. The van der Waals surface area contributed by atoms with Crippen LogP contribution in [-0.4, -0.2) is 33.1 Å². The molecular formula is C27H44O3. The summed E-state index contributed by atoms with van der Waals surface area (Å²) in [5.41, 5.74) is 0.180. The van der Waals surface area contributed by atoms with E-state index < -0.39 is 17.8 Å². The van der Waals surface area contributed by atoms with Crippen LogP contribution < -0.4 is 0 Å². The highest BCUT2D eigenvalue weighted by Crippen LogP contribution is 2.67. The fraction of sp³-hybridized carbons (Fsp3) is 0.852. The average Bonchev–Trinajstić information content (AvgIpc) is 3.01. The van der Waals surface area contributed by atoms with Gasteiger partial charge in [-0.3, -0.25) is 0 Å². The quantitative estimate of drug-likeness (QED) is 0.549. The molecule has 3 saturated carbocycles. The van der Waals surface area contributed by atoms with Crippen LogP contribution in [0.15, 0.2) is 23.8 Å². The van der Waals surface area contributed by atoms with Gasteiger partial charge in [0.25, 0.3) is 0 Å². The Labute approximate surface area is 183 Å². The lowest BCUT2D eigenvalue weighted by atomic mass is 9.45. The first-order valence-corrected chi connectivity index (χ1v) is 12.5. The van der Waals surface area contributed by atoms with Gasteiger partial charge < -0.3 is 15.3 Å². The molecule has 3 N–H and O–H groups in total. The maximum atomic E-state index is 11.6. The number of fused-ring (bicyclic) bond motifs is 5. The van der Waals surface area contributed by atoms with Crippen LogP contribution in [0.3, 0.4) is 0 Å². The SMILES string of the molecule is CC(C)C/C=C/[C@@H](C)C1CCC2C3=C[C@@H](O)[C@@]4(O)C[C@@H](O)CC[C@]4(C)C3CC[C@@]21C. The van der Waals surface area contributed by atoms with Crippen molar-refractivity contribution in [3.63, 3.8) is 0 Å². The molecule has 0 amide bonds. The highest BCUT2D eigenvalue weighted by Gasteiger charge is 2.64. The van der Waals surface area contributed by atoms with E-state index in [4.69, 9.17) is 0 Å². The summed E-state index contributed by atoms with van der Waals surface area (Å²) >= 11 is 0. The summed E-state index contributed by atoms with van der Waals surface area (Å²) in [5.74, 6) is 2.83. The Balaban J connectivity index is 1.62. The highest BCUT2D eigenvalue weighted by molar-refractivity contribution is 5.33. The average molecular weight is 417 g/mol. The molecule has 3 nitrogen and oxygen atoms in total. The monoisotopic (exact) mass is 416 g/mol. The highest BCUT2D eigenvalue weighted by atomic mass is 16.3. The molecule has 4 aliphatic rings. The van der Waals surface area contributed by atoms with Crippen LogP contribution in [-0.2, 0) is 0 Å². The van der Waals surface area contributed by atoms with Gasteiger partial charge >= 0.3 is 0 Å². The third kappa shape index (κ3) is 3.26. The van der Waals surface area contributed by atoms with Crippen LogP contribution in [0.1, 0.15) is 86.0 Å². The number of allylic oxidation sites excluding steroid dienone is 3. The van der Waals surface area contributed by atoms with Crippen molar-refractivity contribution in [2.24, 2.45) is 40.4 Å². The predicted octanol–water partition coefficient (Wildman–Crippen LogP) is 5.25. The second-order valence-electron chi connectivity index (χ2n) is 12.1. The summed E-state index contributed by atoms with van der Waals surface area (Å²) in [4.78, 5) is 0. The minimum absolute atomic E-state index is 0.281. The molecule has 0 aromatic heterocycles. The predicted molar refractivity (Wildman–Crippen MR) is 122 cm³/mol. The second-order valence-corrected chi connectivity index (χ2v) is 12.1. The van der Waals surface area contributed by atoms with Crippen molar-refractivity contribution >= 4 is 0 Å². The van der Waals surface area contributed by atoms with Gasteiger partial charge in [-0.1, -0.05) is 58.4 Å². The zero-order valence-corrected chi connectivity index (χ0v) is 19.8. The molecule has 30 heavy (non-hydrogen) atoms. The minimum atomic E-state index is -1.20. The molecule has 4 rings (SSSR count). The zero-order chi connectivity index (χ0) is 21.9. The fourth-order valence-electron chi connectivity index (χ4n) is 8.15. The molecule has 0 bridgehead atoms. The van der Waals surface area contributed by atoms with E-state index in [9.17, 15) is 15.3 Å². The molecule has 0 spiro atoms. The van der Waals surface area contributed by atoms with Crippen molar-refractivity contribution in [2.75, 3.05) is 0 Å². The Bertz CT molecular complexity index is 711. The van der Waals surface area contributed by atoms with Crippen molar-refractivity contribution in [2.45, 2.75) is 104 Å². The Morgan fingerprint density at radius 3 is 2.47 bits per heavy atom. The maximum Gasteiger partial charge on any atom is 0.102 e. The molecular weight excluding hydrogens is 372 g/mol. The molecule has 3 unspecified atom stereocenters. The lowest BCUT2D eigenvalue weighted by molar-refractivity contribution is -0.210. The van der Waals surface area contributed by atoms with Crippen LogP contribution in [0, 0.1) is 40.4 Å². The number of hydrogen-bond donors (Lipinski definition) is 3. The summed E-state index contributed by atoms with van der Waals surface area (Å²) in [6, 6.07) is 0. The second kappa shape index (κ2) is 7.74. The van der Waals surface area contributed by atoms with Gasteiger partial charge in [0.2, 0.25) is 0 Å². The first-order chi connectivity index (χ1) is 14.0. The van der Waals surface area contributed by atoms with Gasteiger partial charge in [0.15, 0.2) is 0 Å². The van der Waals surface area contributed by atoms with Crippen LogP contribution in [0.2, 0.25) is 0 Å². The molecule has 0 heterocycles. The molecule has 3 heteroatoms. The van der Waals surface area contributed by atoms with Crippen molar-refractivity contribution in [1.82, 2.24) is 0 Å². The zero-order valence-electron chi connectivity index (χ0n) is 19.8. The van der Waals surface area contributed by atoms with Gasteiger partial charge in [0.1, 0.15) is 11.7 Å². The maximum absolute atomic E-state index is 11.6. The van der Waals surface area contributed by atoms with Gasteiger partial charge in [0, 0.05) is 11.8 Å². The topological polar surface area (TPSA) is 60.7 Å². The van der Waals surface area contributed by atoms with Crippen LogP contribution in [0.25, 0.3) is 0 Å². The minimum Gasteiger partial charge on any atom is -0.393 e. The molecule has 9 atom stereocenters. The normalized spacial score (nSPS) is 49.5. The fourth-order valence-corrected chi connectivity index (χ4v) is 8.15. The lowest BCUT2D eigenvalue weighted by Gasteiger charge is -2.62. The summed E-state index contributed by atoms with van der Waals surface area (Å²) < 4.78 is 0. The Hall–Kier alpha value is -0.640. The van der Waals surface area contributed by atoms with E-state index in [1.807, 2.05) is 6.08 Å². The first-order valence-electron chi connectivity index (χ1n) is 12.5. The first kappa shape index (κ1) is 22.6. The van der Waals surface area contributed by atoms with Crippen LogP contribution >= 0.6 is 0 Å². The largest absolute Gasteiger partial charge is 0.393 e. The molecule has 4 aliphatic carbocycles. The third-order valence-electron chi connectivity index (χ3n) is 10.0. The Kier molecular flexibility index (Phi) is 5.82. The van der Waals surface area contributed by atoms with Crippen molar-refractivity contribution in [3.8, 4) is 0 Å². The van der Waals surface area contributed by atoms with Crippen LogP contribution in [0.5, 0.6) is 0 Å². The smallest absolute Gasteiger partial charge is 0.102 e. The number of rotatable bonds is 4. The standard InChI is InChI=1S/C27H44O3/c1-17(2)7-6-8-18(3)21-9-10-22-20-15-24(29)27(30)16-19(28)11-14-26(27,5)23(20)12-13-25(21,22)4/h6,8,15,17-19,21-24,28-30H,7,9-14,16H2,1-5H3/b8-6+/t18-,19+,21?,22?,23?,24-,25-,26-,27+/m1/s1. The van der Waals surface area contributed by atoms with Crippen molar-refractivity contribution < 1.29 is 15.3 Å². The van der Waals surface area contributed by atoms with E-state index >= 15 is 0 Å². The van der Waals surface area contributed by atoms with Gasteiger partial charge in [-0.2, -0.15) is 0 Å². The van der Waals surface area contributed by atoms with Crippen molar-refractivity contribution in [3.05, 3.63) is 23.8 Å². The summed E-state index contributed by atoms with van der Waals surface area (Å²) in [5, 5.41) is 32.9. The number of hydrogen-bond acceptors (Lipinski definition) is 3. The molecule has 0 saturated heterocycles. The van der Waals surface area contributed by atoms with Gasteiger partial charge in [0.05, 0.1) is 6.10 Å². The summed E-state index contributed by atoms with van der Waals surface area (Å²) in [6.45, 7) is 11.6. The number of aliphatic hydroxyl groups is 3. The Morgan fingerprint density at radius 1 is 1.03 bits per heavy atom. The lowest BCUT2D eigenvalue weighted by Crippen LogP contribution is -2.65. The van der Waals surface area contributed by atoms with Gasteiger partial charge in [-0.05, 0) is 80.0 Å².